The number of methoxy groups -OCH3 is 1. The van der Waals surface area contributed by atoms with Crippen LogP contribution in [0.15, 0.2) is 18.2 Å². The number of hydrogen-bond acceptors (Lipinski definition) is 3. The maximum absolute atomic E-state index is 5.43. The Morgan fingerprint density at radius 1 is 1.28 bits per heavy atom. The lowest BCUT2D eigenvalue weighted by Crippen LogP contribution is -2.36. The fraction of sp³-hybridized carbons (Fsp3) is 0.600. The standard InChI is InChI=1S/C15H26N2O/c1-11-7-8-15(18-6)14(9-11)13(3)16-10-12(2)17(4)5/h7-9,12-13,16H,10H2,1-6H3. The SMILES string of the molecule is COc1ccc(C)cc1C(C)NCC(C)N(C)C. The van der Waals surface area contributed by atoms with Gasteiger partial charge >= 0.3 is 0 Å². The Kier molecular flexibility index (Phi) is 5.63. The molecular formula is C15H26N2O. The molecule has 0 heterocycles. The summed E-state index contributed by atoms with van der Waals surface area (Å²) in [5.74, 6) is 0.957. The topological polar surface area (TPSA) is 24.5 Å². The van der Waals surface area contributed by atoms with Crippen LogP contribution in [0, 0.1) is 6.92 Å². The number of nitrogens with zero attached hydrogens (tertiary/aromatic N) is 1. The summed E-state index contributed by atoms with van der Waals surface area (Å²) in [4.78, 5) is 2.22. The molecule has 0 saturated heterocycles. The lowest BCUT2D eigenvalue weighted by Gasteiger charge is -2.24. The van der Waals surface area contributed by atoms with E-state index in [2.05, 4.69) is 57.2 Å². The molecule has 0 aliphatic heterocycles. The van der Waals surface area contributed by atoms with Gasteiger partial charge in [0.1, 0.15) is 5.75 Å². The molecule has 0 fully saturated rings. The molecule has 0 saturated carbocycles. The van der Waals surface area contributed by atoms with Gasteiger partial charge in [-0.15, -0.1) is 0 Å². The summed E-state index contributed by atoms with van der Waals surface area (Å²) < 4.78 is 5.43. The summed E-state index contributed by atoms with van der Waals surface area (Å²) in [6.07, 6.45) is 0. The van der Waals surface area contributed by atoms with Crippen LogP contribution in [-0.4, -0.2) is 38.7 Å². The van der Waals surface area contributed by atoms with Crippen molar-refractivity contribution in [2.75, 3.05) is 27.7 Å². The number of benzene rings is 1. The van der Waals surface area contributed by atoms with Crippen molar-refractivity contribution in [3.63, 3.8) is 0 Å². The Bertz CT molecular complexity index is 377. The quantitative estimate of drug-likeness (QED) is 0.840. The van der Waals surface area contributed by atoms with Crippen molar-refractivity contribution in [1.29, 1.82) is 0 Å². The van der Waals surface area contributed by atoms with Crippen molar-refractivity contribution in [3.8, 4) is 5.75 Å². The fourth-order valence-electron chi connectivity index (χ4n) is 1.83. The highest BCUT2D eigenvalue weighted by Gasteiger charge is 2.13. The van der Waals surface area contributed by atoms with Crippen LogP contribution in [0.25, 0.3) is 0 Å². The van der Waals surface area contributed by atoms with Gasteiger partial charge in [0.15, 0.2) is 0 Å². The Morgan fingerprint density at radius 3 is 2.50 bits per heavy atom. The van der Waals surface area contributed by atoms with Gasteiger partial charge in [0.05, 0.1) is 7.11 Å². The summed E-state index contributed by atoms with van der Waals surface area (Å²) in [6.45, 7) is 7.47. The number of hydrogen-bond donors (Lipinski definition) is 1. The number of aryl methyl sites for hydroxylation is 1. The second kappa shape index (κ2) is 6.76. The minimum atomic E-state index is 0.294. The maximum atomic E-state index is 5.43. The van der Waals surface area contributed by atoms with E-state index in [0.717, 1.165) is 12.3 Å². The van der Waals surface area contributed by atoms with E-state index < -0.39 is 0 Å². The normalized spacial score (nSPS) is 14.6. The van der Waals surface area contributed by atoms with E-state index in [0.29, 0.717) is 12.1 Å². The van der Waals surface area contributed by atoms with Gasteiger partial charge in [-0.2, -0.15) is 0 Å². The van der Waals surface area contributed by atoms with Crippen molar-refractivity contribution < 1.29 is 4.74 Å². The zero-order valence-corrected chi connectivity index (χ0v) is 12.4. The zero-order chi connectivity index (χ0) is 13.7. The molecule has 0 aliphatic rings. The molecule has 102 valence electrons. The van der Waals surface area contributed by atoms with E-state index >= 15 is 0 Å². The molecule has 0 aromatic heterocycles. The summed E-state index contributed by atoms with van der Waals surface area (Å²) in [6, 6.07) is 7.12. The minimum absolute atomic E-state index is 0.294. The van der Waals surface area contributed by atoms with E-state index in [9.17, 15) is 0 Å². The third kappa shape index (κ3) is 4.00. The molecule has 0 bridgehead atoms. The smallest absolute Gasteiger partial charge is 0.123 e. The van der Waals surface area contributed by atoms with E-state index in [1.165, 1.54) is 11.1 Å². The van der Waals surface area contributed by atoms with Gasteiger partial charge in [0.2, 0.25) is 0 Å². The van der Waals surface area contributed by atoms with E-state index in [4.69, 9.17) is 4.74 Å². The van der Waals surface area contributed by atoms with Crippen molar-refractivity contribution in [1.82, 2.24) is 10.2 Å². The Hall–Kier alpha value is -1.06. The van der Waals surface area contributed by atoms with Gasteiger partial charge in [0.25, 0.3) is 0 Å². The number of nitrogens with one attached hydrogen (secondary N) is 1. The van der Waals surface area contributed by atoms with Crippen LogP contribution in [-0.2, 0) is 0 Å². The third-order valence-corrected chi connectivity index (χ3v) is 3.45. The van der Waals surface area contributed by atoms with Crippen LogP contribution in [0.5, 0.6) is 5.75 Å². The number of likely N-dealkylation sites (N-methyl/N-ethyl adjacent to an activating group) is 1. The highest BCUT2D eigenvalue weighted by molar-refractivity contribution is 5.38. The van der Waals surface area contributed by atoms with Gasteiger partial charge in [-0.1, -0.05) is 17.7 Å². The molecule has 2 atom stereocenters. The van der Waals surface area contributed by atoms with Crippen molar-refractivity contribution >= 4 is 0 Å². The highest BCUT2D eigenvalue weighted by Crippen LogP contribution is 2.25. The zero-order valence-electron chi connectivity index (χ0n) is 12.4. The largest absolute Gasteiger partial charge is 0.496 e. The molecule has 0 aliphatic carbocycles. The molecular weight excluding hydrogens is 224 g/mol. The van der Waals surface area contributed by atoms with Crippen molar-refractivity contribution in [2.24, 2.45) is 0 Å². The Balaban J connectivity index is 2.71. The molecule has 1 aromatic rings. The van der Waals surface area contributed by atoms with Gasteiger partial charge in [-0.05, 0) is 40.9 Å². The monoisotopic (exact) mass is 250 g/mol. The summed E-state index contributed by atoms with van der Waals surface area (Å²) in [7, 11) is 5.93. The van der Waals surface area contributed by atoms with Crippen LogP contribution in [0.2, 0.25) is 0 Å². The lowest BCUT2D eigenvalue weighted by molar-refractivity contribution is 0.294. The molecule has 1 aromatic carbocycles. The highest BCUT2D eigenvalue weighted by atomic mass is 16.5. The van der Waals surface area contributed by atoms with Gasteiger partial charge in [-0.3, -0.25) is 0 Å². The Morgan fingerprint density at radius 2 is 1.94 bits per heavy atom. The average Bonchev–Trinajstić information content (AvgIpc) is 2.35. The first-order chi connectivity index (χ1) is 8.45. The third-order valence-electron chi connectivity index (χ3n) is 3.45. The van der Waals surface area contributed by atoms with Gasteiger partial charge in [0, 0.05) is 24.2 Å². The van der Waals surface area contributed by atoms with Gasteiger partial charge < -0.3 is 15.0 Å². The first-order valence-corrected chi connectivity index (χ1v) is 6.50. The molecule has 0 amide bonds. The van der Waals surface area contributed by atoms with Crippen LogP contribution in [0.1, 0.15) is 31.0 Å². The van der Waals surface area contributed by atoms with Crippen LogP contribution in [0.4, 0.5) is 0 Å². The van der Waals surface area contributed by atoms with E-state index in [1.54, 1.807) is 7.11 Å². The molecule has 3 heteroatoms. The fourth-order valence-corrected chi connectivity index (χ4v) is 1.83. The summed E-state index contributed by atoms with van der Waals surface area (Å²) in [5.41, 5.74) is 2.49. The minimum Gasteiger partial charge on any atom is -0.496 e. The predicted octanol–water partition coefficient (Wildman–Crippen LogP) is 2.60. The van der Waals surface area contributed by atoms with E-state index in [1.807, 2.05) is 6.07 Å². The molecule has 1 N–H and O–H groups in total. The molecule has 2 unspecified atom stereocenters. The maximum Gasteiger partial charge on any atom is 0.123 e. The lowest BCUT2D eigenvalue weighted by atomic mass is 10.0. The molecule has 18 heavy (non-hydrogen) atoms. The second-order valence-corrected chi connectivity index (χ2v) is 5.19. The number of ether oxygens (including phenoxy) is 1. The summed E-state index contributed by atoms with van der Waals surface area (Å²) in [5, 5.41) is 3.56. The second-order valence-electron chi connectivity index (χ2n) is 5.19. The predicted molar refractivity (Wildman–Crippen MR) is 77.3 cm³/mol. The number of rotatable bonds is 6. The van der Waals surface area contributed by atoms with Crippen LogP contribution < -0.4 is 10.1 Å². The first-order valence-electron chi connectivity index (χ1n) is 6.50. The van der Waals surface area contributed by atoms with Crippen molar-refractivity contribution in [3.05, 3.63) is 29.3 Å². The van der Waals surface area contributed by atoms with Crippen LogP contribution >= 0.6 is 0 Å². The molecule has 0 radical (unpaired) electrons. The first kappa shape index (κ1) is 15.0. The van der Waals surface area contributed by atoms with Crippen molar-refractivity contribution in [2.45, 2.75) is 32.9 Å². The summed E-state index contributed by atoms with van der Waals surface area (Å²) >= 11 is 0. The molecule has 3 nitrogen and oxygen atoms in total. The van der Waals surface area contributed by atoms with Gasteiger partial charge in [-0.25, -0.2) is 0 Å². The molecule has 0 spiro atoms. The average molecular weight is 250 g/mol. The van der Waals surface area contributed by atoms with Crippen LogP contribution in [0.3, 0.4) is 0 Å². The van der Waals surface area contributed by atoms with E-state index in [-0.39, 0.29) is 0 Å². The molecule has 1 rings (SSSR count). The Labute approximate surface area is 111 Å².